The van der Waals surface area contributed by atoms with E-state index in [-0.39, 0.29) is 16.5 Å². The summed E-state index contributed by atoms with van der Waals surface area (Å²) in [6.45, 7) is 1.65. The maximum absolute atomic E-state index is 11.9. The highest BCUT2D eigenvalue weighted by Crippen LogP contribution is 2.36. The molecule has 0 amide bonds. The van der Waals surface area contributed by atoms with E-state index in [1.54, 1.807) is 13.0 Å². The number of azo groups is 1. The molecule has 0 radical (unpaired) electrons. The van der Waals surface area contributed by atoms with Crippen LogP contribution in [0, 0.1) is 6.92 Å². The van der Waals surface area contributed by atoms with Crippen LogP contribution in [0.15, 0.2) is 67.4 Å². The van der Waals surface area contributed by atoms with Gasteiger partial charge < -0.3 is 5.73 Å². The molecule has 3 aromatic carbocycles. The first-order valence-corrected chi connectivity index (χ1v) is 12.7. The molecule has 170 valence electrons. The number of aryl methyl sites for hydroxylation is 1. The Morgan fingerprint density at radius 1 is 0.719 bits per heavy atom. The van der Waals surface area contributed by atoms with Gasteiger partial charge in [-0.1, -0.05) is 0 Å². The van der Waals surface area contributed by atoms with E-state index in [4.69, 9.17) is 5.73 Å². The highest BCUT2D eigenvalue weighted by Gasteiger charge is 2.24. The number of benzene rings is 3. The Morgan fingerprint density at radius 3 is 1.84 bits per heavy atom. The van der Waals surface area contributed by atoms with Crippen molar-refractivity contribution >= 4 is 58.2 Å². The van der Waals surface area contributed by atoms with E-state index in [9.17, 15) is 38.9 Å². The molecule has 0 heterocycles. The Bertz CT molecular complexity index is 1610. The van der Waals surface area contributed by atoms with Crippen molar-refractivity contribution in [2.45, 2.75) is 21.6 Å². The summed E-state index contributed by atoms with van der Waals surface area (Å²) >= 11 is 0. The van der Waals surface area contributed by atoms with Gasteiger partial charge in [0.2, 0.25) is 0 Å². The number of nitrogens with two attached hydrogens (primary N) is 1. The summed E-state index contributed by atoms with van der Waals surface area (Å²) in [5.74, 6) is 0. The first-order valence-electron chi connectivity index (χ1n) is 8.39. The molecule has 5 N–H and O–H groups in total. The Hall–Kier alpha value is -2.95. The molecule has 0 fully saturated rings. The van der Waals surface area contributed by atoms with Crippen molar-refractivity contribution < 1.29 is 38.9 Å². The monoisotopic (exact) mass is 501 g/mol. The summed E-state index contributed by atoms with van der Waals surface area (Å²) in [7, 11) is -14.9. The van der Waals surface area contributed by atoms with Gasteiger partial charge in [-0.25, -0.2) is 0 Å². The number of nitrogen functional groups attached to an aromatic ring is 1. The Balaban J connectivity index is 2.39. The minimum absolute atomic E-state index is 0.289. The van der Waals surface area contributed by atoms with Crippen LogP contribution >= 0.6 is 0 Å². The molecule has 0 unspecified atom stereocenters. The largest absolute Gasteiger partial charge is 0.399 e. The number of nitrogens with zero attached hydrogens (tertiary/aromatic N) is 2. The summed E-state index contributed by atoms with van der Waals surface area (Å²) in [6, 6.07) is 7.45. The van der Waals surface area contributed by atoms with E-state index < -0.39 is 50.7 Å². The van der Waals surface area contributed by atoms with Crippen LogP contribution in [0.1, 0.15) is 5.56 Å². The normalized spacial score (nSPS) is 13.1. The fourth-order valence-corrected chi connectivity index (χ4v) is 4.85. The van der Waals surface area contributed by atoms with Crippen LogP contribution in [-0.4, -0.2) is 38.9 Å². The summed E-state index contributed by atoms with van der Waals surface area (Å²) in [5.41, 5.74) is 6.47. The van der Waals surface area contributed by atoms with Crippen molar-refractivity contribution in [3.05, 3.63) is 48.0 Å². The van der Waals surface area contributed by atoms with Gasteiger partial charge in [-0.05, 0) is 60.3 Å². The van der Waals surface area contributed by atoms with E-state index in [1.807, 2.05) is 0 Å². The van der Waals surface area contributed by atoms with Crippen LogP contribution in [0.2, 0.25) is 0 Å². The second-order valence-electron chi connectivity index (χ2n) is 6.63. The van der Waals surface area contributed by atoms with Crippen molar-refractivity contribution in [1.29, 1.82) is 0 Å². The van der Waals surface area contributed by atoms with Gasteiger partial charge in [0.1, 0.15) is 15.5 Å². The fourth-order valence-electron chi connectivity index (χ4n) is 2.86. The number of anilines is 1. The molecule has 0 aliphatic heterocycles. The second kappa shape index (κ2) is 7.88. The van der Waals surface area contributed by atoms with Crippen molar-refractivity contribution in [3.63, 3.8) is 0 Å². The van der Waals surface area contributed by atoms with Crippen molar-refractivity contribution in [2.75, 3.05) is 5.73 Å². The van der Waals surface area contributed by atoms with Crippen LogP contribution in [-0.2, 0) is 30.4 Å². The van der Waals surface area contributed by atoms with Gasteiger partial charge in [0.05, 0.1) is 10.6 Å². The van der Waals surface area contributed by atoms with Crippen LogP contribution in [0.4, 0.5) is 17.1 Å². The lowest BCUT2D eigenvalue weighted by Crippen LogP contribution is -2.05. The first kappa shape index (κ1) is 23.7. The van der Waals surface area contributed by atoms with Gasteiger partial charge >= 0.3 is 0 Å². The highest BCUT2D eigenvalue weighted by atomic mass is 32.2. The Kier molecular flexibility index (Phi) is 5.83. The summed E-state index contributed by atoms with van der Waals surface area (Å²) in [6.07, 6.45) is 0. The molecule has 0 spiro atoms. The lowest BCUT2D eigenvalue weighted by atomic mass is 10.1. The number of hydrogen-bond acceptors (Lipinski definition) is 9. The molecule has 15 heteroatoms. The van der Waals surface area contributed by atoms with Crippen LogP contribution in [0.3, 0.4) is 0 Å². The third-order valence-electron chi connectivity index (χ3n) is 4.31. The second-order valence-corrected chi connectivity index (χ2v) is 10.8. The van der Waals surface area contributed by atoms with Gasteiger partial charge in [-0.3, -0.25) is 13.7 Å². The SMILES string of the molecule is Cc1cc(N)ccc1N=Nc1cc2c(S(=O)(=O)O)cc(S(=O)(=O)O)cc2cc1S(=O)(=O)O. The van der Waals surface area contributed by atoms with Crippen LogP contribution in [0.25, 0.3) is 10.8 Å². The molecule has 3 rings (SSSR count). The molecule has 32 heavy (non-hydrogen) atoms. The van der Waals surface area contributed by atoms with E-state index in [0.29, 0.717) is 17.3 Å². The molecule has 0 aliphatic carbocycles. The summed E-state index contributed by atoms with van der Waals surface area (Å²) in [5, 5.41) is 6.99. The smallest absolute Gasteiger partial charge is 0.296 e. The summed E-state index contributed by atoms with van der Waals surface area (Å²) in [4.78, 5) is -2.69. The topological polar surface area (TPSA) is 214 Å². The lowest BCUT2D eigenvalue weighted by Gasteiger charge is -2.10. The number of hydrogen-bond donors (Lipinski definition) is 4. The van der Waals surface area contributed by atoms with Gasteiger partial charge in [0.25, 0.3) is 30.4 Å². The molecule has 0 bridgehead atoms. The molecular weight excluding hydrogens is 486 g/mol. The Morgan fingerprint density at radius 2 is 1.31 bits per heavy atom. The lowest BCUT2D eigenvalue weighted by molar-refractivity contribution is 0.480. The quantitative estimate of drug-likeness (QED) is 0.228. The zero-order valence-electron chi connectivity index (χ0n) is 16.0. The molecule has 0 atom stereocenters. The zero-order chi connectivity index (χ0) is 24.1. The van der Waals surface area contributed by atoms with Gasteiger partial charge in [0.15, 0.2) is 0 Å². The molecular formula is C17H15N3O9S3. The minimum Gasteiger partial charge on any atom is -0.399 e. The maximum Gasteiger partial charge on any atom is 0.296 e. The summed E-state index contributed by atoms with van der Waals surface area (Å²) < 4.78 is 98.8. The maximum atomic E-state index is 11.9. The van der Waals surface area contributed by atoms with Gasteiger partial charge in [-0.15, -0.1) is 5.11 Å². The number of fused-ring (bicyclic) bond motifs is 1. The van der Waals surface area contributed by atoms with Gasteiger partial charge in [-0.2, -0.15) is 30.4 Å². The third kappa shape index (κ3) is 4.93. The fraction of sp³-hybridized carbons (Fsp3) is 0.0588. The van der Waals surface area contributed by atoms with Gasteiger partial charge in [0, 0.05) is 11.1 Å². The first-order chi connectivity index (χ1) is 14.6. The highest BCUT2D eigenvalue weighted by molar-refractivity contribution is 7.87. The standard InChI is InChI=1S/C17H15N3O9S3/c1-9-4-11(18)2-3-14(9)19-20-15-8-13-10(6-17(15)32(27,28)29)5-12(30(21,22)23)7-16(13)31(24,25)26/h2-8H,18H2,1H3,(H,21,22,23)(H,24,25,26)(H,27,28,29). The molecule has 12 nitrogen and oxygen atoms in total. The van der Waals surface area contributed by atoms with Crippen molar-refractivity contribution in [1.82, 2.24) is 0 Å². The predicted octanol–water partition coefficient (Wildman–Crippen LogP) is 2.89. The van der Waals surface area contributed by atoms with E-state index in [1.165, 1.54) is 12.1 Å². The van der Waals surface area contributed by atoms with E-state index in [0.717, 1.165) is 18.2 Å². The third-order valence-corrected chi connectivity index (χ3v) is 6.92. The average molecular weight is 502 g/mol. The Labute approximate surface area is 182 Å². The molecule has 0 aromatic heterocycles. The average Bonchev–Trinajstić information content (AvgIpc) is 2.63. The molecule has 0 saturated carbocycles. The zero-order valence-corrected chi connectivity index (χ0v) is 18.5. The predicted molar refractivity (Wildman–Crippen MR) is 113 cm³/mol. The molecule has 0 aliphatic rings. The number of rotatable bonds is 5. The van der Waals surface area contributed by atoms with E-state index in [2.05, 4.69) is 10.2 Å². The van der Waals surface area contributed by atoms with Crippen molar-refractivity contribution in [3.8, 4) is 0 Å². The molecule has 0 saturated heterocycles. The molecule has 3 aromatic rings. The van der Waals surface area contributed by atoms with E-state index >= 15 is 0 Å². The van der Waals surface area contributed by atoms with Crippen LogP contribution < -0.4 is 5.73 Å². The van der Waals surface area contributed by atoms with Crippen molar-refractivity contribution in [2.24, 2.45) is 10.2 Å². The minimum atomic E-state index is -5.03. The van der Waals surface area contributed by atoms with Crippen LogP contribution in [0.5, 0.6) is 0 Å².